The first kappa shape index (κ1) is 16.7. The van der Waals surface area contributed by atoms with Gasteiger partial charge in [-0.25, -0.2) is 0 Å². The molecule has 0 heterocycles. The van der Waals surface area contributed by atoms with E-state index in [0.717, 1.165) is 0 Å². The fourth-order valence-corrected chi connectivity index (χ4v) is 2.54. The van der Waals surface area contributed by atoms with E-state index in [-0.39, 0.29) is 11.2 Å². The Hall–Kier alpha value is -1.64. The molecular formula is C20H26O2. The fraction of sp³-hybridized carbons (Fsp3) is 0.400. The zero-order chi connectivity index (χ0) is 16.4. The van der Waals surface area contributed by atoms with Gasteiger partial charge in [-0.2, -0.15) is 0 Å². The summed E-state index contributed by atoms with van der Waals surface area (Å²) in [6.07, 6.45) is 0. The van der Waals surface area contributed by atoms with Crippen LogP contribution in [-0.4, -0.2) is 14.2 Å². The van der Waals surface area contributed by atoms with Crippen LogP contribution in [0.3, 0.4) is 0 Å². The van der Waals surface area contributed by atoms with E-state index in [0.29, 0.717) is 0 Å². The molecule has 2 aromatic rings. The molecule has 2 aromatic carbocycles. The second-order valence-electron chi connectivity index (χ2n) is 6.55. The van der Waals surface area contributed by atoms with E-state index in [1.807, 2.05) is 0 Å². The molecule has 118 valence electrons. The maximum absolute atomic E-state index is 5.66. The van der Waals surface area contributed by atoms with E-state index >= 15 is 0 Å². The highest BCUT2D eigenvalue weighted by Crippen LogP contribution is 2.34. The van der Waals surface area contributed by atoms with Crippen molar-refractivity contribution in [3.63, 3.8) is 0 Å². The van der Waals surface area contributed by atoms with Gasteiger partial charge in [0.05, 0.1) is 11.2 Å². The number of rotatable bonds is 5. The summed E-state index contributed by atoms with van der Waals surface area (Å²) in [5, 5.41) is 0. The summed E-state index contributed by atoms with van der Waals surface area (Å²) >= 11 is 0. The quantitative estimate of drug-likeness (QED) is 0.763. The molecule has 0 fully saturated rings. The Balaban J connectivity index is 2.46. The summed E-state index contributed by atoms with van der Waals surface area (Å²) < 4.78 is 11.2. The van der Waals surface area contributed by atoms with E-state index in [2.05, 4.69) is 76.2 Å². The van der Waals surface area contributed by atoms with Crippen molar-refractivity contribution < 1.29 is 9.47 Å². The van der Waals surface area contributed by atoms with Crippen molar-refractivity contribution in [1.29, 1.82) is 0 Å². The van der Waals surface area contributed by atoms with Crippen LogP contribution >= 0.6 is 0 Å². The molecule has 0 unspecified atom stereocenters. The third-order valence-electron chi connectivity index (χ3n) is 4.49. The van der Waals surface area contributed by atoms with Crippen molar-refractivity contribution in [3.05, 3.63) is 59.7 Å². The Morgan fingerprint density at radius 3 is 1.77 bits per heavy atom. The second kappa shape index (κ2) is 6.23. The minimum absolute atomic E-state index is 0.274. The molecular weight excluding hydrogens is 272 g/mol. The van der Waals surface area contributed by atoms with Crippen molar-refractivity contribution >= 4 is 0 Å². The van der Waals surface area contributed by atoms with Crippen LogP contribution in [0.2, 0.25) is 0 Å². The van der Waals surface area contributed by atoms with Crippen LogP contribution in [0, 0.1) is 0 Å². The molecule has 2 heteroatoms. The van der Waals surface area contributed by atoms with Gasteiger partial charge < -0.3 is 9.47 Å². The van der Waals surface area contributed by atoms with Gasteiger partial charge in [-0.3, -0.25) is 0 Å². The number of benzene rings is 2. The van der Waals surface area contributed by atoms with Crippen LogP contribution in [0.25, 0.3) is 11.1 Å². The van der Waals surface area contributed by atoms with E-state index < -0.39 is 0 Å². The molecule has 0 aliphatic carbocycles. The lowest BCUT2D eigenvalue weighted by Gasteiger charge is -2.27. The molecule has 0 spiro atoms. The Bertz CT molecular complexity index is 624. The first-order valence-corrected chi connectivity index (χ1v) is 7.62. The Morgan fingerprint density at radius 2 is 1.23 bits per heavy atom. The van der Waals surface area contributed by atoms with Gasteiger partial charge in [0.15, 0.2) is 0 Å². The van der Waals surface area contributed by atoms with Crippen LogP contribution in [-0.2, 0) is 20.7 Å². The van der Waals surface area contributed by atoms with Crippen LogP contribution in [0.1, 0.15) is 38.8 Å². The molecule has 22 heavy (non-hydrogen) atoms. The average Bonchev–Trinajstić information content (AvgIpc) is 2.55. The predicted octanol–water partition coefficient (Wildman–Crippen LogP) is 5.12. The minimum Gasteiger partial charge on any atom is -0.374 e. The van der Waals surface area contributed by atoms with Gasteiger partial charge >= 0.3 is 0 Å². The van der Waals surface area contributed by atoms with Crippen LogP contribution in [0.5, 0.6) is 0 Å². The van der Waals surface area contributed by atoms with E-state index in [9.17, 15) is 0 Å². The van der Waals surface area contributed by atoms with E-state index in [1.54, 1.807) is 14.2 Å². The largest absolute Gasteiger partial charge is 0.374 e. The SMILES string of the molecule is COC(C)(C)c1ccc(-c2ccccc2C(C)(C)OC)cc1. The molecule has 0 N–H and O–H groups in total. The molecule has 0 saturated carbocycles. The van der Waals surface area contributed by atoms with Crippen molar-refractivity contribution in [3.8, 4) is 11.1 Å². The summed E-state index contributed by atoms with van der Waals surface area (Å²) in [7, 11) is 3.49. The van der Waals surface area contributed by atoms with Gasteiger partial charge in [0.2, 0.25) is 0 Å². The van der Waals surface area contributed by atoms with E-state index in [1.165, 1.54) is 22.3 Å². The average molecular weight is 298 g/mol. The predicted molar refractivity (Wildman–Crippen MR) is 91.9 cm³/mol. The van der Waals surface area contributed by atoms with Crippen molar-refractivity contribution in [2.45, 2.75) is 38.9 Å². The van der Waals surface area contributed by atoms with Crippen LogP contribution in [0.15, 0.2) is 48.5 Å². The highest BCUT2D eigenvalue weighted by atomic mass is 16.5. The summed E-state index contributed by atoms with van der Waals surface area (Å²) in [4.78, 5) is 0. The summed E-state index contributed by atoms with van der Waals surface area (Å²) in [5.41, 5.74) is 4.16. The second-order valence-corrected chi connectivity index (χ2v) is 6.55. The standard InChI is InChI=1S/C20H26O2/c1-19(2,21-5)16-13-11-15(12-14-16)17-9-7-8-10-18(17)20(3,4)22-6/h7-14H,1-6H3. The number of ether oxygens (including phenoxy) is 2. The zero-order valence-corrected chi connectivity index (χ0v) is 14.4. The van der Waals surface area contributed by atoms with E-state index in [4.69, 9.17) is 9.47 Å². The van der Waals surface area contributed by atoms with Crippen molar-refractivity contribution in [1.82, 2.24) is 0 Å². The molecule has 0 aromatic heterocycles. The van der Waals surface area contributed by atoms with Gasteiger partial charge in [-0.05, 0) is 49.9 Å². The number of hydrogen-bond donors (Lipinski definition) is 0. The molecule has 0 atom stereocenters. The first-order valence-electron chi connectivity index (χ1n) is 7.62. The molecule has 2 rings (SSSR count). The molecule has 0 aliphatic rings. The summed E-state index contributed by atoms with van der Waals surface area (Å²) in [5.74, 6) is 0. The normalized spacial score (nSPS) is 12.5. The maximum atomic E-state index is 5.66. The molecule has 0 aliphatic heterocycles. The van der Waals surface area contributed by atoms with Crippen LogP contribution in [0.4, 0.5) is 0 Å². The molecule has 0 radical (unpaired) electrons. The van der Waals surface area contributed by atoms with Gasteiger partial charge in [-0.15, -0.1) is 0 Å². The lowest BCUT2D eigenvalue weighted by Crippen LogP contribution is -2.20. The molecule has 2 nitrogen and oxygen atoms in total. The van der Waals surface area contributed by atoms with Gasteiger partial charge in [0, 0.05) is 14.2 Å². The minimum atomic E-state index is -0.318. The number of methoxy groups -OCH3 is 2. The van der Waals surface area contributed by atoms with Crippen molar-refractivity contribution in [2.24, 2.45) is 0 Å². The first-order chi connectivity index (χ1) is 10.3. The molecule has 0 saturated heterocycles. The highest BCUT2D eigenvalue weighted by Gasteiger charge is 2.24. The number of hydrogen-bond acceptors (Lipinski definition) is 2. The smallest absolute Gasteiger partial charge is 0.0877 e. The maximum Gasteiger partial charge on any atom is 0.0877 e. The lowest BCUT2D eigenvalue weighted by molar-refractivity contribution is 0.0190. The molecule has 0 bridgehead atoms. The summed E-state index contributed by atoms with van der Waals surface area (Å²) in [6, 6.07) is 17.0. The lowest BCUT2D eigenvalue weighted by atomic mass is 9.88. The van der Waals surface area contributed by atoms with Gasteiger partial charge in [-0.1, -0.05) is 48.5 Å². The van der Waals surface area contributed by atoms with Crippen LogP contribution < -0.4 is 0 Å². The Morgan fingerprint density at radius 1 is 0.682 bits per heavy atom. The Labute approximate surface area is 134 Å². The molecule has 0 amide bonds. The Kier molecular flexibility index (Phi) is 4.74. The monoisotopic (exact) mass is 298 g/mol. The van der Waals surface area contributed by atoms with Crippen molar-refractivity contribution in [2.75, 3.05) is 14.2 Å². The van der Waals surface area contributed by atoms with Gasteiger partial charge in [0.1, 0.15) is 0 Å². The topological polar surface area (TPSA) is 18.5 Å². The third kappa shape index (κ3) is 3.23. The fourth-order valence-electron chi connectivity index (χ4n) is 2.54. The third-order valence-corrected chi connectivity index (χ3v) is 4.49. The zero-order valence-electron chi connectivity index (χ0n) is 14.4. The van der Waals surface area contributed by atoms with Gasteiger partial charge in [0.25, 0.3) is 0 Å². The summed E-state index contributed by atoms with van der Waals surface area (Å²) in [6.45, 7) is 8.33. The highest BCUT2D eigenvalue weighted by molar-refractivity contribution is 5.68.